The van der Waals surface area contributed by atoms with Crippen LogP contribution in [0, 0.1) is 0 Å². The zero-order chi connectivity index (χ0) is 14.7. The van der Waals surface area contributed by atoms with Crippen LogP contribution in [0.15, 0.2) is 34.9 Å². The molecule has 1 aliphatic heterocycles. The molecular formula is C15H15ClN2O3. The van der Waals surface area contributed by atoms with Gasteiger partial charge in [-0.1, -0.05) is 16.8 Å². The minimum atomic E-state index is 0.0502. The summed E-state index contributed by atoms with van der Waals surface area (Å²) in [5.74, 6) is 0.686. The van der Waals surface area contributed by atoms with E-state index in [9.17, 15) is 4.79 Å². The van der Waals surface area contributed by atoms with Crippen LogP contribution in [-0.4, -0.2) is 42.3 Å². The van der Waals surface area contributed by atoms with Crippen LogP contribution in [0.4, 0.5) is 0 Å². The molecule has 0 spiro atoms. The van der Waals surface area contributed by atoms with Crippen LogP contribution in [0.5, 0.6) is 0 Å². The lowest BCUT2D eigenvalue weighted by atomic mass is 10.1. The summed E-state index contributed by atoms with van der Waals surface area (Å²) in [5, 5.41) is 4.63. The molecule has 0 N–H and O–H groups in total. The van der Waals surface area contributed by atoms with E-state index >= 15 is 0 Å². The molecule has 1 amide bonds. The molecule has 6 heteroatoms. The Hall–Kier alpha value is -1.85. The van der Waals surface area contributed by atoms with Gasteiger partial charge in [-0.25, -0.2) is 0 Å². The maximum absolute atomic E-state index is 12.1. The Morgan fingerprint density at radius 3 is 2.67 bits per heavy atom. The van der Waals surface area contributed by atoms with Crippen LogP contribution in [0.25, 0.3) is 11.3 Å². The van der Waals surface area contributed by atoms with Gasteiger partial charge in [0.2, 0.25) is 5.91 Å². The van der Waals surface area contributed by atoms with Crippen LogP contribution in [0.1, 0.15) is 5.69 Å². The molecule has 0 saturated carbocycles. The molecule has 1 aromatic heterocycles. The van der Waals surface area contributed by atoms with Gasteiger partial charge < -0.3 is 14.2 Å². The van der Waals surface area contributed by atoms with Crippen molar-refractivity contribution in [1.82, 2.24) is 10.1 Å². The quantitative estimate of drug-likeness (QED) is 0.874. The molecule has 0 aliphatic carbocycles. The van der Waals surface area contributed by atoms with Crippen LogP contribution < -0.4 is 0 Å². The standard InChI is InChI=1S/C15H15ClN2O3/c16-12-3-1-11(2-4-12)14-9-13(17-21-14)10-15(19)18-5-7-20-8-6-18/h1-4,9H,5-8,10H2. The van der Waals surface area contributed by atoms with E-state index in [0.29, 0.717) is 42.8 Å². The van der Waals surface area contributed by atoms with Crippen molar-refractivity contribution >= 4 is 17.5 Å². The van der Waals surface area contributed by atoms with Crippen molar-refractivity contribution in [2.24, 2.45) is 0 Å². The Bertz CT molecular complexity index is 618. The van der Waals surface area contributed by atoms with E-state index in [0.717, 1.165) is 5.56 Å². The molecule has 0 unspecified atom stereocenters. The van der Waals surface area contributed by atoms with Gasteiger partial charge in [0, 0.05) is 29.7 Å². The highest BCUT2D eigenvalue weighted by Gasteiger charge is 2.19. The lowest BCUT2D eigenvalue weighted by molar-refractivity contribution is -0.134. The summed E-state index contributed by atoms with van der Waals surface area (Å²) in [6.45, 7) is 2.47. The number of amides is 1. The van der Waals surface area contributed by atoms with Crippen molar-refractivity contribution in [2.45, 2.75) is 6.42 Å². The second-order valence-electron chi connectivity index (χ2n) is 4.86. The number of ether oxygens (including phenoxy) is 1. The zero-order valence-electron chi connectivity index (χ0n) is 11.4. The third kappa shape index (κ3) is 3.43. The summed E-state index contributed by atoms with van der Waals surface area (Å²) in [6, 6.07) is 9.09. The maximum atomic E-state index is 12.1. The summed E-state index contributed by atoms with van der Waals surface area (Å²) in [5.41, 5.74) is 1.52. The van der Waals surface area contributed by atoms with Crippen molar-refractivity contribution < 1.29 is 14.1 Å². The highest BCUT2D eigenvalue weighted by atomic mass is 35.5. The first-order chi connectivity index (χ1) is 10.2. The molecule has 2 heterocycles. The molecule has 3 rings (SSSR count). The van der Waals surface area contributed by atoms with Gasteiger partial charge in [0.15, 0.2) is 5.76 Å². The predicted octanol–water partition coefficient (Wildman–Crippen LogP) is 2.40. The Balaban J connectivity index is 1.67. The van der Waals surface area contributed by atoms with E-state index in [1.54, 1.807) is 23.1 Å². The molecule has 0 atom stereocenters. The molecular weight excluding hydrogens is 292 g/mol. The van der Waals surface area contributed by atoms with Crippen LogP contribution in [0.2, 0.25) is 5.02 Å². The number of carbonyl (C=O) groups is 1. The van der Waals surface area contributed by atoms with E-state index in [2.05, 4.69) is 5.16 Å². The number of carbonyl (C=O) groups excluding carboxylic acids is 1. The summed E-state index contributed by atoms with van der Waals surface area (Å²) < 4.78 is 10.5. The van der Waals surface area contributed by atoms with Crippen molar-refractivity contribution in [1.29, 1.82) is 0 Å². The minimum absolute atomic E-state index is 0.0502. The van der Waals surface area contributed by atoms with Gasteiger partial charge in [0.1, 0.15) is 0 Å². The normalized spacial score (nSPS) is 15.2. The van der Waals surface area contributed by atoms with Crippen molar-refractivity contribution in [3.05, 3.63) is 41.0 Å². The fourth-order valence-corrected chi connectivity index (χ4v) is 2.35. The third-order valence-electron chi connectivity index (χ3n) is 3.38. The molecule has 0 bridgehead atoms. The summed E-state index contributed by atoms with van der Waals surface area (Å²) in [6.07, 6.45) is 0.247. The second-order valence-corrected chi connectivity index (χ2v) is 5.30. The second kappa shape index (κ2) is 6.28. The van der Waals surface area contributed by atoms with Crippen molar-refractivity contribution in [2.75, 3.05) is 26.3 Å². The topological polar surface area (TPSA) is 55.6 Å². The first-order valence-corrected chi connectivity index (χ1v) is 7.17. The lowest BCUT2D eigenvalue weighted by Crippen LogP contribution is -2.41. The van der Waals surface area contributed by atoms with Gasteiger partial charge in [-0.3, -0.25) is 4.79 Å². The molecule has 1 aromatic carbocycles. The number of nitrogens with zero attached hydrogens (tertiary/aromatic N) is 2. The van der Waals surface area contributed by atoms with E-state index in [1.165, 1.54) is 0 Å². The van der Waals surface area contributed by atoms with Crippen molar-refractivity contribution in [3.8, 4) is 11.3 Å². The smallest absolute Gasteiger partial charge is 0.228 e. The number of hydrogen-bond acceptors (Lipinski definition) is 4. The van der Waals surface area contributed by atoms with Gasteiger partial charge in [0.05, 0.1) is 25.3 Å². The summed E-state index contributed by atoms with van der Waals surface area (Å²) in [4.78, 5) is 13.9. The Kier molecular flexibility index (Phi) is 4.22. The average Bonchev–Trinajstić information content (AvgIpc) is 2.97. The molecule has 1 saturated heterocycles. The van der Waals surface area contributed by atoms with Gasteiger partial charge in [-0.05, 0) is 24.3 Å². The Labute approximate surface area is 127 Å². The SMILES string of the molecule is O=C(Cc1cc(-c2ccc(Cl)cc2)on1)N1CCOCC1. The Morgan fingerprint density at radius 1 is 1.24 bits per heavy atom. The fraction of sp³-hybridized carbons (Fsp3) is 0.333. The van der Waals surface area contributed by atoms with E-state index in [4.69, 9.17) is 20.9 Å². The number of rotatable bonds is 3. The van der Waals surface area contributed by atoms with Gasteiger partial charge >= 0.3 is 0 Å². The van der Waals surface area contributed by atoms with Gasteiger partial charge in [-0.2, -0.15) is 0 Å². The Morgan fingerprint density at radius 2 is 1.95 bits per heavy atom. The van der Waals surface area contributed by atoms with Crippen LogP contribution in [-0.2, 0) is 16.0 Å². The molecule has 1 fully saturated rings. The van der Waals surface area contributed by atoms with E-state index < -0.39 is 0 Å². The average molecular weight is 307 g/mol. The highest BCUT2D eigenvalue weighted by molar-refractivity contribution is 6.30. The minimum Gasteiger partial charge on any atom is -0.378 e. The van der Waals surface area contributed by atoms with Crippen LogP contribution in [0.3, 0.4) is 0 Å². The van der Waals surface area contributed by atoms with Crippen molar-refractivity contribution in [3.63, 3.8) is 0 Å². The molecule has 21 heavy (non-hydrogen) atoms. The number of aromatic nitrogens is 1. The fourth-order valence-electron chi connectivity index (χ4n) is 2.22. The van der Waals surface area contributed by atoms with E-state index in [-0.39, 0.29) is 12.3 Å². The summed E-state index contributed by atoms with van der Waals surface area (Å²) in [7, 11) is 0. The molecule has 2 aromatic rings. The highest BCUT2D eigenvalue weighted by Crippen LogP contribution is 2.22. The zero-order valence-corrected chi connectivity index (χ0v) is 12.2. The largest absolute Gasteiger partial charge is 0.378 e. The van der Waals surface area contributed by atoms with Gasteiger partial charge in [-0.15, -0.1) is 0 Å². The predicted molar refractivity (Wildman–Crippen MR) is 78.1 cm³/mol. The number of hydrogen-bond donors (Lipinski definition) is 0. The lowest BCUT2D eigenvalue weighted by Gasteiger charge is -2.26. The number of morpholine rings is 1. The number of benzene rings is 1. The van der Waals surface area contributed by atoms with Crippen LogP contribution >= 0.6 is 11.6 Å². The number of halogens is 1. The van der Waals surface area contributed by atoms with E-state index in [1.807, 2.05) is 12.1 Å². The summed E-state index contributed by atoms with van der Waals surface area (Å²) >= 11 is 5.85. The monoisotopic (exact) mass is 306 g/mol. The first kappa shape index (κ1) is 14.1. The molecule has 1 aliphatic rings. The third-order valence-corrected chi connectivity index (χ3v) is 3.64. The van der Waals surface area contributed by atoms with Gasteiger partial charge in [0.25, 0.3) is 0 Å². The molecule has 5 nitrogen and oxygen atoms in total. The maximum Gasteiger partial charge on any atom is 0.228 e. The first-order valence-electron chi connectivity index (χ1n) is 6.79. The molecule has 110 valence electrons. The molecule has 0 radical (unpaired) electrons.